The van der Waals surface area contributed by atoms with Gasteiger partial charge in [-0.3, -0.25) is 4.90 Å². The summed E-state index contributed by atoms with van der Waals surface area (Å²) in [5.74, 6) is -0.117. The molecule has 39 heavy (non-hydrogen) atoms. The number of nitrogens with zero attached hydrogens (tertiary/aromatic N) is 2. The van der Waals surface area contributed by atoms with E-state index in [0.29, 0.717) is 0 Å². The van der Waals surface area contributed by atoms with Gasteiger partial charge < -0.3 is 14.6 Å². The van der Waals surface area contributed by atoms with Crippen molar-refractivity contribution in [2.75, 3.05) is 19.8 Å². The lowest BCUT2D eigenvalue weighted by molar-refractivity contribution is -0.140. The third-order valence-electron chi connectivity index (χ3n) is 8.03. The lowest BCUT2D eigenvalue weighted by atomic mass is 9.76. The number of carbonyl (C=O) groups excluding carboxylic acids is 1. The fraction of sp³-hybridized carbons (Fsp3) is 0.333. The van der Waals surface area contributed by atoms with Gasteiger partial charge in [0.15, 0.2) is 0 Å². The van der Waals surface area contributed by atoms with E-state index in [4.69, 9.17) is 9.47 Å². The molecule has 1 N–H and O–H groups in total. The zero-order chi connectivity index (χ0) is 27.4. The molecule has 2 saturated heterocycles. The summed E-state index contributed by atoms with van der Waals surface area (Å²) < 4.78 is 52.0. The summed E-state index contributed by atoms with van der Waals surface area (Å²) in [7, 11) is 0. The van der Waals surface area contributed by atoms with E-state index in [-0.39, 0.29) is 49.7 Å². The highest BCUT2D eigenvalue weighted by atomic mass is 19.4. The van der Waals surface area contributed by atoms with Crippen LogP contribution in [-0.4, -0.2) is 48.0 Å². The van der Waals surface area contributed by atoms with Crippen molar-refractivity contribution in [3.8, 4) is 17.2 Å². The number of amides is 1. The van der Waals surface area contributed by atoms with Gasteiger partial charge in [0.05, 0.1) is 48.1 Å². The second kappa shape index (κ2) is 9.40. The van der Waals surface area contributed by atoms with Gasteiger partial charge in [0.25, 0.3) is 0 Å². The average molecular weight is 535 g/mol. The quantitative estimate of drug-likeness (QED) is 0.475. The Kier molecular flexibility index (Phi) is 6.12. The molecule has 6 nitrogen and oxygen atoms in total. The number of carbonyl (C=O) groups is 1. The zero-order valence-electron chi connectivity index (χ0n) is 20.8. The van der Waals surface area contributed by atoms with E-state index in [1.165, 1.54) is 6.07 Å². The third kappa shape index (κ3) is 4.44. The molecule has 0 spiro atoms. The molecule has 1 amide bonds. The number of alkyl halides is 3. The van der Waals surface area contributed by atoms with Gasteiger partial charge >= 0.3 is 12.3 Å². The van der Waals surface area contributed by atoms with Gasteiger partial charge in [0, 0.05) is 18.8 Å². The number of fused-ring (bicyclic) bond motifs is 5. The second-order valence-electron chi connectivity index (χ2n) is 10.4. The predicted octanol–water partition coefficient (Wildman–Crippen LogP) is 5.58. The molecule has 0 aromatic heterocycles. The minimum Gasteiger partial charge on any atom is -0.448 e. The van der Waals surface area contributed by atoms with Crippen LogP contribution in [0.25, 0.3) is 11.1 Å². The Bertz CT molecular complexity index is 1420. The van der Waals surface area contributed by atoms with Gasteiger partial charge in [-0.1, -0.05) is 48.5 Å². The fourth-order valence-corrected chi connectivity index (χ4v) is 6.30. The van der Waals surface area contributed by atoms with Crippen molar-refractivity contribution in [1.29, 1.82) is 5.26 Å². The van der Waals surface area contributed by atoms with Crippen LogP contribution in [0.1, 0.15) is 46.6 Å². The first kappa shape index (κ1) is 25.4. The van der Waals surface area contributed by atoms with Crippen LogP contribution in [0.3, 0.4) is 0 Å². The van der Waals surface area contributed by atoms with Crippen LogP contribution in [0.4, 0.5) is 18.0 Å². The number of aliphatic hydroxyl groups is 1. The van der Waals surface area contributed by atoms with Crippen LogP contribution < -0.4 is 0 Å². The number of hydrogen-bond acceptors (Lipinski definition) is 5. The summed E-state index contributed by atoms with van der Waals surface area (Å²) in [6.07, 6.45) is -5.29. The van der Waals surface area contributed by atoms with Gasteiger partial charge in [-0.2, -0.15) is 18.4 Å². The fourth-order valence-electron chi connectivity index (χ4n) is 6.30. The molecule has 200 valence electrons. The smallest absolute Gasteiger partial charge is 0.416 e. The van der Waals surface area contributed by atoms with Crippen molar-refractivity contribution in [3.05, 3.63) is 94.5 Å². The lowest BCUT2D eigenvalue weighted by Gasteiger charge is -2.51. The topological polar surface area (TPSA) is 82.8 Å². The summed E-state index contributed by atoms with van der Waals surface area (Å²) in [5.41, 5.74) is 1.56. The maximum Gasteiger partial charge on any atom is 0.416 e. The standard InChI is InChI=1S/C30H25F3N2O4/c31-30(32,33)20-10-18(14-34)9-19(11-20)29(37)12-21-15-38-16-22(13-29)35(21)28(36)39-17-27-25-7-3-1-5-23(25)24-6-2-4-8-26(24)27/h1-11,21-22,27,37H,12-13,15-17H2. The molecule has 2 aliphatic heterocycles. The number of morpholine rings is 1. The van der Waals surface area contributed by atoms with Crippen LogP contribution >= 0.6 is 0 Å². The molecular weight excluding hydrogens is 509 g/mol. The first-order valence-corrected chi connectivity index (χ1v) is 12.7. The van der Waals surface area contributed by atoms with E-state index in [1.54, 1.807) is 11.0 Å². The van der Waals surface area contributed by atoms with E-state index < -0.39 is 35.5 Å². The molecule has 2 atom stereocenters. The van der Waals surface area contributed by atoms with Gasteiger partial charge in [0.2, 0.25) is 0 Å². The number of nitriles is 1. The Labute approximate surface area is 223 Å². The van der Waals surface area contributed by atoms with Crippen molar-refractivity contribution in [2.24, 2.45) is 0 Å². The molecule has 1 aliphatic carbocycles. The van der Waals surface area contributed by atoms with Crippen molar-refractivity contribution in [1.82, 2.24) is 4.90 Å². The molecule has 6 rings (SSSR count). The molecule has 3 aliphatic rings. The first-order valence-electron chi connectivity index (χ1n) is 12.7. The third-order valence-corrected chi connectivity index (χ3v) is 8.03. The normalized spacial score (nSPS) is 24.0. The second-order valence-corrected chi connectivity index (χ2v) is 10.4. The highest BCUT2D eigenvalue weighted by molar-refractivity contribution is 5.79. The van der Waals surface area contributed by atoms with E-state index >= 15 is 0 Å². The summed E-state index contributed by atoms with van der Waals surface area (Å²) in [4.78, 5) is 15.0. The molecule has 0 radical (unpaired) electrons. The predicted molar refractivity (Wildman–Crippen MR) is 135 cm³/mol. The molecule has 2 unspecified atom stereocenters. The van der Waals surface area contributed by atoms with E-state index in [0.717, 1.165) is 34.4 Å². The van der Waals surface area contributed by atoms with Crippen molar-refractivity contribution in [2.45, 2.75) is 42.6 Å². The number of rotatable bonds is 3. The lowest BCUT2D eigenvalue weighted by Crippen LogP contribution is -2.62. The number of ether oxygens (including phenoxy) is 2. The van der Waals surface area contributed by atoms with Crippen LogP contribution in [0, 0.1) is 11.3 Å². The molecule has 3 aromatic rings. The van der Waals surface area contributed by atoms with Crippen molar-refractivity contribution < 1.29 is 32.5 Å². The Balaban J connectivity index is 1.22. The Morgan fingerprint density at radius 1 is 1.03 bits per heavy atom. The summed E-state index contributed by atoms with van der Waals surface area (Å²) >= 11 is 0. The summed E-state index contributed by atoms with van der Waals surface area (Å²) in [5, 5.41) is 20.9. The molecule has 0 saturated carbocycles. The van der Waals surface area contributed by atoms with Gasteiger partial charge in [0.1, 0.15) is 6.61 Å². The van der Waals surface area contributed by atoms with Crippen molar-refractivity contribution in [3.63, 3.8) is 0 Å². The number of hydrogen-bond donors (Lipinski definition) is 1. The Hall–Kier alpha value is -3.87. The molecule has 2 heterocycles. The maximum absolute atomic E-state index is 13.5. The highest BCUT2D eigenvalue weighted by Gasteiger charge is 2.50. The summed E-state index contributed by atoms with van der Waals surface area (Å²) in [6.45, 7) is 0.368. The van der Waals surface area contributed by atoms with Crippen molar-refractivity contribution >= 4 is 6.09 Å². The van der Waals surface area contributed by atoms with Crippen LogP contribution in [0.5, 0.6) is 0 Å². The molecule has 3 aromatic carbocycles. The first-order chi connectivity index (χ1) is 18.7. The minimum atomic E-state index is -4.67. The molecule has 2 bridgehead atoms. The SMILES string of the molecule is N#Cc1cc(C(F)(F)F)cc(C2(O)CC3COCC(C2)N3C(=O)OCC2c3ccccc3-c3ccccc32)c1. The highest BCUT2D eigenvalue weighted by Crippen LogP contribution is 2.46. The zero-order valence-corrected chi connectivity index (χ0v) is 20.8. The Morgan fingerprint density at radius 2 is 1.62 bits per heavy atom. The van der Waals surface area contributed by atoms with Gasteiger partial charge in [-0.25, -0.2) is 4.79 Å². The van der Waals surface area contributed by atoms with E-state index in [1.807, 2.05) is 36.4 Å². The average Bonchev–Trinajstić information content (AvgIpc) is 3.24. The van der Waals surface area contributed by atoms with Crippen LogP contribution in [0.2, 0.25) is 0 Å². The molecule has 2 fully saturated rings. The molecule has 9 heteroatoms. The van der Waals surface area contributed by atoms with E-state index in [9.17, 15) is 28.3 Å². The maximum atomic E-state index is 13.5. The van der Waals surface area contributed by atoms with Gasteiger partial charge in [-0.05, 0) is 46.0 Å². The molecular formula is C30H25F3N2O4. The minimum absolute atomic E-state index is 0.0120. The van der Waals surface area contributed by atoms with Gasteiger partial charge in [-0.15, -0.1) is 0 Å². The van der Waals surface area contributed by atoms with Crippen LogP contribution in [0.15, 0.2) is 66.7 Å². The summed E-state index contributed by atoms with van der Waals surface area (Å²) in [6, 6.07) is 19.5. The van der Waals surface area contributed by atoms with Crippen LogP contribution in [-0.2, 0) is 21.3 Å². The van der Waals surface area contributed by atoms with E-state index in [2.05, 4.69) is 12.1 Å². The monoisotopic (exact) mass is 534 g/mol. The Morgan fingerprint density at radius 3 is 2.18 bits per heavy atom. The largest absolute Gasteiger partial charge is 0.448 e. The number of piperidine rings is 1. The number of benzene rings is 3. The number of halogens is 3.